The highest BCUT2D eigenvalue weighted by molar-refractivity contribution is 6.06. The molecular formula is C24H26N4O3. The number of amides is 1. The lowest BCUT2D eigenvalue weighted by Gasteiger charge is -2.37. The van der Waals surface area contributed by atoms with E-state index < -0.39 is 5.41 Å². The standard InChI is InChI=1S/C24H26N4O3/c1-27-13-10-25-22(27)16-28-11-8-24(9-12-28)18-14-20(30-2)21(15-19(18)26-23(24)29)31-17-6-4-3-5-7-17/h3-7,10,13-15H,8-9,11-12,16H2,1-2H3,(H,26,29). The molecule has 0 radical (unpaired) electrons. The second-order valence-electron chi connectivity index (χ2n) is 8.23. The van der Waals surface area contributed by atoms with Crippen molar-refractivity contribution in [1.29, 1.82) is 0 Å². The van der Waals surface area contributed by atoms with Crippen LogP contribution in [0.1, 0.15) is 24.2 Å². The van der Waals surface area contributed by atoms with Crippen molar-refractivity contribution in [3.8, 4) is 17.2 Å². The number of hydrogen-bond acceptors (Lipinski definition) is 5. The lowest BCUT2D eigenvalue weighted by Crippen LogP contribution is -2.46. The van der Waals surface area contributed by atoms with Crippen molar-refractivity contribution >= 4 is 11.6 Å². The molecule has 2 aliphatic rings. The molecule has 0 bridgehead atoms. The van der Waals surface area contributed by atoms with Gasteiger partial charge in [0.25, 0.3) is 0 Å². The molecule has 160 valence electrons. The van der Waals surface area contributed by atoms with Gasteiger partial charge in [-0.05, 0) is 49.7 Å². The maximum Gasteiger partial charge on any atom is 0.235 e. The van der Waals surface area contributed by atoms with Crippen LogP contribution in [0.4, 0.5) is 5.69 Å². The topological polar surface area (TPSA) is 68.6 Å². The first-order chi connectivity index (χ1) is 15.1. The van der Waals surface area contributed by atoms with E-state index in [1.807, 2.05) is 66.5 Å². The highest BCUT2D eigenvalue weighted by Crippen LogP contribution is 2.49. The first kappa shape index (κ1) is 19.6. The summed E-state index contributed by atoms with van der Waals surface area (Å²) < 4.78 is 13.7. The Balaban J connectivity index is 1.39. The molecule has 7 heteroatoms. The van der Waals surface area contributed by atoms with Gasteiger partial charge in [-0.3, -0.25) is 9.69 Å². The number of nitrogens with one attached hydrogen (secondary N) is 1. The number of imidazole rings is 1. The lowest BCUT2D eigenvalue weighted by atomic mass is 9.73. The number of methoxy groups -OCH3 is 1. The molecule has 2 aromatic carbocycles. The lowest BCUT2D eigenvalue weighted by molar-refractivity contribution is -0.122. The zero-order valence-corrected chi connectivity index (χ0v) is 17.8. The van der Waals surface area contributed by atoms with Gasteiger partial charge in [0.1, 0.15) is 11.6 Å². The number of para-hydroxylation sites is 1. The molecule has 0 aliphatic carbocycles. The molecule has 0 unspecified atom stereocenters. The molecule has 7 nitrogen and oxygen atoms in total. The monoisotopic (exact) mass is 418 g/mol. The third-order valence-electron chi connectivity index (χ3n) is 6.47. The van der Waals surface area contributed by atoms with E-state index in [2.05, 4.69) is 15.2 Å². The van der Waals surface area contributed by atoms with E-state index in [0.29, 0.717) is 11.5 Å². The third kappa shape index (κ3) is 3.45. The highest BCUT2D eigenvalue weighted by Gasteiger charge is 2.49. The fourth-order valence-corrected chi connectivity index (χ4v) is 4.62. The molecule has 1 amide bonds. The molecule has 0 atom stereocenters. The minimum atomic E-state index is -0.522. The Morgan fingerprint density at radius 2 is 1.90 bits per heavy atom. The van der Waals surface area contributed by atoms with Crippen LogP contribution in [-0.4, -0.2) is 40.6 Å². The number of ether oxygens (including phenoxy) is 2. The van der Waals surface area contributed by atoms with Crippen LogP contribution in [0.3, 0.4) is 0 Å². The Kier molecular flexibility index (Phi) is 4.90. The molecule has 2 aliphatic heterocycles. The first-order valence-electron chi connectivity index (χ1n) is 10.5. The van der Waals surface area contributed by atoms with Crippen LogP contribution in [0.5, 0.6) is 17.2 Å². The predicted octanol–water partition coefficient (Wildman–Crippen LogP) is 3.71. The second-order valence-corrected chi connectivity index (χ2v) is 8.23. The van der Waals surface area contributed by atoms with E-state index in [4.69, 9.17) is 9.47 Å². The largest absolute Gasteiger partial charge is 0.493 e. The van der Waals surface area contributed by atoms with E-state index in [-0.39, 0.29) is 5.91 Å². The van der Waals surface area contributed by atoms with Crippen LogP contribution in [0, 0.1) is 0 Å². The zero-order chi connectivity index (χ0) is 21.4. The summed E-state index contributed by atoms with van der Waals surface area (Å²) in [5, 5.41) is 3.10. The predicted molar refractivity (Wildman–Crippen MR) is 118 cm³/mol. The summed E-state index contributed by atoms with van der Waals surface area (Å²) in [6.45, 7) is 2.47. The van der Waals surface area contributed by atoms with Crippen molar-refractivity contribution < 1.29 is 14.3 Å². The summed E-state index contributed by atoms with van der Waals surface area (Å²) in [4.78, 5) is 19.9. The van der Waals surface area contributed by atoms with Crippen LogP contribution in [-0.2, 0) is 23.8 Å². The molecule has 1 spiro atoms. The number of carbonyl (C=O) groups is 1. The number of anilines is 1. The maximum atomic E-state index is 13.1. The minimum Gasteiger partial charge on any atom is -0.493 e. The van der Waals surface area contributed by atoms with Crippen molar-refractivity contribution in [2.75, 3.05) is 25.5 Å². The molecule has 5 rings (SSSR count). The Hall–Kier alpha value is -3.32. The van der Waals surface area contributed by atoms with Crippen LogP contribution < -0.4 is 14.8 Å². The SMILES string of the molecule is COc1cc2c(cc1Oc1ccccc1)NC(=O)C21CCN(Cc2nccn2C)CC1. The first-order valence-corrected chi connectivity index (χ1v) is 10.5. The molecule has 3 heterocycles. The van der Waals surface area contributed by atoms with E-state index in [0.717, 1.165) is 55.3 Å². The number of aromatic nitrogens is 2. The van der Waals surface area contributed by atoms with Crippen LogP contribution >= 0.6 is 0 Å². The number of fused-ring (bicyclic) bond motifs is 2. The zero-order valence-electron chi connectivity index (χ0n) is 17.8. The molecule has 1 aromatic heterocycles. The molecule has 0 saturated carbocycles. The molecule has 1 saturated heterocycles. The number of rotatable bonds is 5. The van der Waals surface area contributed by atoms with Gasteiger partial charge in [-0.15, -0.1) is 0 Å². The summed E-state index contributed by atoms with van der Waals surface area (Å²) in [7, 11) is 3.64. The summed E-state index contributed by atoms with van der Waals surface area (Å²) in [5.74, 6) is 3.06. The van der Waals surface area contributed by atoms with Crippen LogP contribution in [0.2, 0.25) is 0 Å². The van der Waals surface area contributed by atoms with Gasteiger partial charge in [0.2, 0.25) is 5.91 Å². The van der Waals surface area contributed by atoms with E-state index in [9.17, 15) is 4.79 Å². The number of piperidine rings is 1. The smallest absolute Gasteiger partial charge is 0.235 e. The van der Waals surface area contributed by atoms with Crippen molar-refractivity contribution in [2.45, 2.75) is 24.8 Å². The minimum absolute atomic E-state index is 0.0676. The normalized spacial score (nSPS) is 17.4. The second kappa shape index (κ2) is 7.74. The van der Waals surface area contributed by atoms with E-state index in [1.54, 1.807) is 7.11 Å². The Morgan fingerprint density at radius 1 is 1.13 bits per heavy atom. The average Bonchev–Trinajstić information content (AvgIpc) is 3.30. The Bertz CT molecular complexity index is 1100. The number of benzene rings is 2. The van der Waals surface area contributed by atoms with Crippen molar-refractivity contribution in [3.63, 3.8) is 0 Å². The number of likely N-dealkylation sites (tertiary alicyclic amines) is 1. The molecule has 1 fully saturated rings. The molecular weight excluding hydrogens is 392 g/mol. The van der Waals surface area contributed by atoms with Gasteiger partial charge < -0.3 is 19.4 Å². The van der Waals surface area contributed by atoms with Gasteiger partial charge in [0.05, 0.1) is 19.1 Å². The number of nitrogens with zero attached hydrogens (tertiary/aromatic N) is 3. The average molecular weight is 418 g/mol. The van der Waals surface area contributed by atoms with Gasteiger partial charge in [-0.25, -0.2) is 4.98 Å². The number of aryl methyl sites for hydroxylation is 1. The van der Waals surface area contributed by atoms with Crippen molar-refractivity contribution in [1.82, 2.24) is 14.5 Å². The maximum absolute atomic E-state index is 13.1. The quantitative estimate of drug-likeness (QED) is 0.684. The van der Waals surface area contributed by atoms with Gasteiger partial charge in [-0.1, -0.05) is 18.2 Å². The van der Waals surface area contributed by atoms with E-state index in [1.165, 1.54) is 0 Å². The summed E-state index contributed by atoms with van der Waals surface area (Å²) >= 11 is 0. The fourth-order valence-electron chi connectivity index (χ4n) is 4.62. The third-order valence-corrected chi connectivity index (χ3v) is 6.47. The Morgan fingerprint density at radius 3 is 2.58 bits per heavy atom. The van der Waals surface area contributed by atoms with Gasteiger partial charge in [-0.2, -0.15) is 0 Å². The van der Waals surface area contributed by atoms with Gasteiger partial charge in [0, 0.05) is 31.2 Å². The fraction of sp³-hybridized carbons (Fsp3) is 0.333. The van der Waals surface area contributed by atoms with Crippen molar-refractivity contribution in [3.05, 3.63) is 66.2 Å². The molecule has 3 aromatic rings. The number of hydrogen-bond donors (Lipinski definition) is 1. The van der Waals surface area contributed by atoms with Gasteiger partial charge in [0.15, 0.2) is 11.5 Å². The van der Waals surface area contributed by atoms with Crippen LogP contribution in [0.15, 0.2) is 54.9 Å². The molecule has 31 heavy (non-hydrogen) atoms. The van der Waals surface area contributed by atoms with E-state index >= 15 is 0 Å². The molecule has 1 N–H and O–H groups in total. The summed E-state index contributed by atoms with van der Waals surface area (Å²) in [5.41, 5.74) is 1.30. The van der Waals surface area contributed by atoms with Gasteiger partial charge >= 0.3 is 0 Å². The summed E-state index contributed by atoms with van der Waals surface area (Å²) in [6.07, 6.45) is 5.31. The van der Waals surface area contributed by atoms with Crippen LogP contribution in [0.25, 0.3) is 0 Å². The Labute approximate surface area is 181 Å². The van der Waals surface area contributed by atoms with Crippen molar-refractivity contribution in [2.24, 2.45) is 7.05 Å². The summed E-state index contributed by atoms with van der Waals surface area (Å²) in [6, 6.07) is 13.4. The number of carbonyl (C=O) groups excluding carboxylic acids is 1. The highest BCUT2D eigenvalue weighted by atomic mass is 16.5.